The van der Waals surface area contributed by atoms with Crippen molar-refractivity contribution < 1.29 is 19.8 Å². The number of carboxylic acids is 2. The van der Waals surface area contributed by atoms with E-state index in [1.54, 1.807) is 36.4 Å². The van der Waals surface area contributed by atoms with Gasteiger partial charge in [-0.3, -0.25) is 0 Å². The molecule has 3 heterocycles. The number of pyridine rings is 2. The summed E-state index contributed by atoms with van der Waals surface area (Å²) in [4.78, 5) is 33.1. The Morgan fingerprint density at radius 3 is 1.57 bits per heavy atom. The molecule has 3 N–H and O–H groups in total. The molecule has 3 aromatic heterocycles. The monoisotopic (exact) mass is 309 g/mol. The van der Waals surface area contributed by atoms with Crippen molar-refractivity contribution in [3.05, 3.63) is 59.9 Å². The smallest absolute Gasteiger partial charge is 0.354 e. The molecular formula is C16H11N3O4. The van der Waals surface area contributed by atoms with Crippen LogP contribution >= 0.6 is 0 Å². The highest BCUT2D eigenvalue weighted by Gasteiger charge is 2.11. The predicted octanol–water partition coefficient (Wildman–Crippen LogP) is 2.54. The molecule has 0 aliphatic carbocycles. The zero-order valence-corrected chi connectivity index (χ0v) is 11.7. The number of carbonyl (C=O) groups is 2. The molecule has 0 bridgehead atoms. The molecule has 3 rings (SSSR count). The summed E-state index contributed by atoms with van der Waals surface area (Å²) in [6, 6.07) is 12.9. The number of aromatic amines is 1. The van der Waals surface area contributed by atoms with Gasteiger partial charge in [0.2, 0.25) is 0 Å². The fourth-order valence-corrected chi connectivity index (χ4v) is 2.10. The lowest BCUT2D eigenvalue weighted by Gasteiger charge is -2.01. The van der Waals surface area contributed by atoms with Crippen LogP contribution in [0.1, 0.15) is 21.0 Å². The summed E-state index contributed by atoms with van der Waals surface area (Å²) in [5, 5.41) is 18.0. The molecule has 0 saturated heterocycles. The molecule has 0 atom stereocenters. The molecule has 0 aliphatic rings. The number of H-pyrrole nitrogens is 1. The minimum atomic E-state index is -1.10. The topological polar surface area (TPSA) is 116 Å². The standard InChI is InChI=1S/C16H11N3O4/c20-15(21)13-5-1-3-9(18-13)11-7-8-12(17-11)10-4-2-6-14(19-10)16(22)23/h1-8,17H,(H,20,21)(H,22,23). The van der Waals surface area contributed by atoms with Crippen molar-refractivity contribution in [2.75, 3.05) is 0 Å². The summed E-state index contributed by atoms with van der Waals surface area (Å²) in [5.41, 5.74) is 2.08. The number of nitrogens with zero attached hydrogens (tertiary/aromatic N) is 2. The van der Waals surface area contributed by atoms with Crippen LogP contribution in [-0.2, 0) is 0 Å². The van der Waals surface area contributed by atoms with Gasteiger partial charge in [0, 0.05) is 0 Å². The fraction of sp³-hybridized carbons (Fsp3) is 0. The van der Waals surface area contributed by atoms with Gasteiger partial charge in [0.15, 0.2) is 0 Å². The van der Waals surface area contributed by atoms with E-state index in [4.69, 9.17) is 10.2 Å². The number of hydrogen-bond acceptors (Lipinski definition) is 4. The second-order valence-corrected chi connectivity index (χ2v) is 4.71. The first kappa shape index (κ1) is 14.5. The highest BCUT2D eigenvalue weighted by molar-refractivity contribution is 5.86. The number of aromatic carboxylic acids is 2. The molecule has 0 aliphatic heterocycles. The summed E-state index contributed by atoms with van der Waals surface area (Å²) >= 11 is 0. The van der Waals surface area contributed by atoms with Gasteiger partial charge in [0.1, 0.15) is 11.4 Å². The minimum Gasteiger partial charge on any atom is -0.477 e. The zero-order valence-electron chi connectivity index (χ0n) is 11.7. The van der Waals surface area contributed by atoms with Crippen LogP contribution in [0, 0.1) is 0 Å². The first-order chi connectivity index (χ1) is 11.0. The van der Waals surface area contributed by atoms with Crippen LogP contribution in [0.3, 0.4) is 0 Å². The Morgan fingerprint density at radius 2 is 1.17 bits per heavy atom. The maximum atomic E-state index is 11.0. The van der Waals surface area contributed by atoms with Crippen LogP contribution in [0.4, 0.5) is 0 Å². The molecule has 0 amide bonds. The summed E-state index contributed by atoms with van der Waals surface area (Å²) in [6.07, 6.45) is 0. The number of hydrogen-bond donors (Lipinski definition) is 3. The second kappa shape index (κ2) is 5.72. The first-order valence-electron chi connectivity index (χ1n) is 6.65. The number of rotatable bonds is 4. The Bertz CT molecular complexity index is 830. The summed E-state index contributed by atoms with van der Waals surface area (Å²) in [6.45, 7) is 0. The van der Waals surface area contributed by atoms with E-state index in [1.807, 2.05) is 0 Å². The van der Waals surface area contributed by atoms with Crippen molar-refractivity contribution in [2.45, 2.75) is 0 Å². The van der Waals surface area contributed by atoms with Crippen molar-refractivity contribution in [1.82, 2.24) is 15.0 Å². The van der Waals surface area contributed by atoms with E-state index < -0.39 is 11.9 Å². The molecule has 3 aromatic rings. The SMILES string of the molecule is O=C(O)c1cccc(-c2ccc(-c3cccc(C(=O)O)n3)[nH]2)n1. The van der Waals surface area contributed by atoms with E-state index in [2.05, 4.69) is 15.0 Å². The van der Waals surface area contributed by atoms with Crippen LogP contribution in [0.2, 0.25) is 0 Å². The van der Waals surface area contributed by atoms with Crippen LogP contribution in [0.5, 0.6) is 0 Å². The van der Waals surface area contributed by atoms with Crippen molar-refractivity contribution >= 4 is 11.9 Å². The third-order valence-electron chi connectivity index (χ3n) is 3.17. The van der Waals surface area contributed by atoms with Crippen molar-refractivity contribution in [3.63, 3.8) is 0 Å². The van der Waals surface area contributed by atoms with Crippen LogP contribution in [0.25, 0.3) is 22.8 Å². The third-order valence-corrected chi connectivity index (χ3v) is 3.17. The third kappa shape index (κ3) is 2.93. The molecule has 114 valence electrons. The minimum absolute atomic E-state index is 0.0513. The van der Waals surface area contributed by atoms with Gasteiger partial charge in [-0.25, -0.2) is 19.6 Å². The van der Waals surface area contributed by atoms with E-state index in [1.165, 1.54) is 12.1 Å². The summed E-state index contributed by atoms with van der Waals surface area (Å²) < 4.78 is 0. The second-order valence-electron chi connectivity index (χ2n) is 4.71. The van der Waals surface area contributed by atoms with Crippen molar-refractivity contribution in [2.24, 2.45) is 0 Å². The van der Waals surface area contributed by atoms with Crippen LogP contribution in [0.15, 0.2) is 48.5 Å². The molecule has 0 radical (unpaired) electrons. The van der Waals surface area contributed by atoms with Gasteiger partial charge in [0.05, 0.1) is 22.8 Å². The van der Waals surface area contributed by atoms with E-state index >= 15 is 0 Å². The van der Waals surface area contributed by atoms with E-state index in [-0.39, 0.29) is 11.4 Å². The highest BCUT2D eigenvalue weighted by Crippen LogP contribution is 2.22. The Hall–Kier alpha value is -3.48. The summed E-state index contributed by atoms with van der Waals surface area (Å²) in [5.74, 6) is -2.20. The van der Waals surface area contributed by atoms with Crippen molar-refractivity contribution in [1.29, 1.82) is 0 Å². The van der Waals surface area contributed by atoms with Gasteiger partial charge in [-0.2, -0.15) is 0 Å². The average Bonchev–Trinajstić information content (AvgIpc) is 3.05. The van der Waals surface area contributed by atoms with Gasteiger partial charge in [-0.05, 0) is 36.4 Å². The molecule has 7 nitrogen and oxygen atoms in total. The van der Waals surface area contributed by atoms with E-state index in [0.717, 1.165) is 0 Å². The Balaban J connectivity index is 1.97. The van der Waals surface area contributed by atoms with E-state index in [9.17, 15) is 9.59 Å². The molecular weight excluding hydrogens is 298 g/mol. The Labute approximate surface area is 130 Å². The lowest BCUT2D eigenvalue weighted by Crippen LogP contribution is -2.01. The lowest BCUT2D eigenvalue weighted by molar-refractivity contribution is 0.0680. The fourth-order valence-electron chi connectivity index (χ4n) is 2.10. The van der Waals surface area contributed by atoms with Gasteiger partial charge in [-0.15, -0.1) is 0 Å². The van der Waals surface area contributed by atoms with Crippen molar-refractivity contribution in [3.8, 4) is 22.8 Å². The molecule has 23 heavy (non-hydrogen) atoms. The molecule has 0 unspecified atom stereocenters. The van der Waals surface area contributed by atoms with E-state index in [0.29, 0.717) is 22.8 Å². The van der Waals surface area contributed by atoms with Gasteiger partial charge < -0.3 is 15.2 Å². The Morgan fingerprint density at radius 1 is 0.739 bits per heavy atom. The molecule has 0 fully saturated rings. The molecule has 7 heteroatoms. The molecule has 0 saturated carbocycles. The predicted molar refractivity (Wildman–Crippen MR) is 81.2 cm³/mol. The quantitative estimate of drug-likeness (QED) is 0.682. The summed E-state index contributed by atoms with van der Waals surface area (Å²) in [7, 11) is 0. The maximum absolute atomic E-state index is 11.0. The number of aromatic nitrogens is 3. The van der Waals surface area contributed by atoms with Gasteiger partial charge >= 0.3 is 11.9 Å². The largest absolute Gasteiger partial charge is 0.477 e. The highest BCUT2D eigenvalue weighted by atomic mass is 16.4. The molecule has 0 aromatic carbocycles. The van der Waals surface area contributed by atoms with Gasteiger partial charge in [0.25, 0.3) is 0 Å². The lowest BCUT2D eigenvalue weighted by atomic mass is 10.2. The molecule has 0 spiro atoms. The maximum Gasteiger partial charge on any atom is 0.354 e. The van der Waals surface area contributed by atoms with Crippen LogP contribution < -0.4 is 0 Å². The normalized spacial score (nSPS) is 10.4. The number of nitrogens with one attached hydrogen (secondary N) is 1. The van der Waals surface area contributed by atoms with Gasteiger partial charge in [-0.1, -0.05) is 12.1 Å². The zero-order chi connectivity index (χ0) is 16.4. The first-order valence-corrected chi connectivity index (χ1v) is 6.65. The van der Waals surface area contributed by atoms with Crippen LogP contribution in [-0.4, -0.2) is 37.1 Å². The number of carboxylic acid groups (broad SMARTS) is 2. The average molecular weight is 309 g/mol. The Kier molecular flexibility index (Phi) is 3.60.